The number of benzene rings is 4. The van der Waals surface area contributed by atoms with Crippen molar-refractivity contribution in [3.05, 3.63) is 120 Å². The fourth-order valence-electron chi connectivity index (χ4n) is 3.84. The number of nitrogens with one attached hydrogen (secondary N) is 2. The first-order valence-corrected chi connectivity index (χ1v) is 12.5. The summed E-state index contributed by atoms with van der Waals surface area (Å²) in [6.45, 7) is 1.71. The zero-order valence-corrected chi connectivity index (χ0v) is 20.3. The molecule has 4 aromatic rings. The van der Waals surface area contributed by atoms with Crippen LogP contribution in [0.25, 0.3) is 0 Å². The lowest BCUT2D eigenvalue weighted by atomic mass is 9.90. The molecule has 6 nitrogen and oxygen atoms in total. The molecule has 0 fully saturated rings. The minimum Gasteiger partial charge on any atom is -0.497 e. The summed E-state index contributed by atoms with van der Waals surface area (Å²) < 4.78 is 34.0. The molecule has 0 heterocycles. The fraction of sp³-hybridized carbons (Fsp3) is 0.107. The highest BCUT2D eigenvalue weighted by Gasteiger charge is 2.24. The van der Waals surface area contributed by atoms with E-state index in [1.165, 1.54) is 6.07 Å². The van der Waals surface area contributed by atoms with Gasteiger partial charge in [-0.05, 0) is 60.0 Å². The number of anilines is 2. The Morgan fingerprint density at radius 3 is 1.86 bits per heavy atom. The first-order valence-electron chi connectivity index (χ1n) is 11.1. The number of carbonyl (C=O) groups is 1. The van der Waals surface area contributed by atoms with Gasteiger partial charge in [-0.2, -0.15) is 0 Å². The summed E-state index contributed by atoms with van der Waals surface area (Å²) >= 11 is 0. The lowest BCUT2D eigenvalue weighted by Gasteiger charge is -2.19. The average Bonchev–Trinajstić information content (AvgIpc) is 2.87. The molecule has 0 aliphatic rings. The van der Waals surface area contributed by atoms with Gasteiger partial charge in [-0.25, -0.2) is 8.42 Å². The zero-order valence-electron chi connectivity index (χ0n) is 19.4. The van der Waals surface area contributed by atoms with Crippen molar-refractivity contribution in [2.45, 2.75) is 17.7 Å². The Balaban J connectivity index is 1.61. The summed E-state index contributed by atoms with van der Waals surface area (Å²) in [6, 6.07) is 30.4. The third kappa shape index (κ3) is 5.70. The van der Waals surface area contributed by atoms with Crippen molar-refractivity contribution in [1.29, 1.82) is 0 Å². The van der Waals surface area contributed by atoms with Gasteiger partial charge in [0.25, 0.3) is 10.0 Å². The minimum atomic E-state index is -3.89. The van der Waals surface area contributed by atoms with Crippen LogP contribution in [0.15, 0.2) is 108 Å². The molecule has 178 valence electrons. The molecule has 0 bridgehead atoms. The van der Waals surface area contributed by atoms with Gasteiger partial charge in [-0.3, -0.25) is 9.52 Å². The summed E-state index contributed by atoms with van der Waals surface area (Å²) in [5.74, 6) is -0.172. The number of sulfonamides is 1. The highest BCUT2D eigenvalue weighted by atomic mass is 32.2. The molecule has 0 aromatic heterocycles. The summed E-state index contributed by atoms with van der Waals surface area (Å²) in [6.07, 6.45) is 0. The maximum Gasteiger partial charge on any atom is 0.262 e. The van der Waals surface area contributed by atoms with Crippen LogP contribution >= 0.6 is 0 Å². The number of hydrogen-bond acceptors (Lipinski definition) is 4. The Kier molecular flexibility index (Phi) is 7.17. The van der Waals surface area contributed by atoms with Crippen molar-refractivity contribution in [2.24, 2.45) is 0 Å². The van der Waals surface area contributed by atoms with Crippen LogP contribution in [0.2, 0.25) is 0 Å². The molecule has 7 heteroatoms. The minimum absolute atomic E-state index is 0.0853. The van der Waals surface area contributed by atoms with Crippen LogP contribution < -0.4 is 14.8 Å². The van der Waals surface area contributed by atoms with E-state index in [0.29, 0.717) is 22.7 Å². The van der Waals surface area contributed by atoms with E-state index in [0.717, 1.165) is 11.1 Å². The number of amides is 1. The molecule has 0 aliphatic heterocycles. The van der Waals surface area contributed by atoms with Crippen molar-refractivity contribution in [1.82, 2.24) is 0 Å². The van der Waals surface area contributed by atoms with Crippen LogP contribution in [0.5, 0.6) is 5.75 Å². The van der Waals surface area contributed by atoms with E-state index in [1.807, 2.05) is 60.7 Å². The van der Waals surface area contributed by atoms with Crippen LogP contribution in [0.3, 0.4) is 0 Å². The quantitative estimate of drug-likeness (QED) is 0.341. The maximum absolute atomic E-state index is 13.4. The van der Waals surface area contributed by atoms with Crippen molar-refractivity contribution in [3.8, 4) is 5.75 Å². The highest BCUT2D eigenvalue weighted by molar-refractivity contribution is 7.92. The predicted octanol–water partition coefficient (Wildman–Crippen LogP) is 5.58. The summed E-state index contributed by atoms with van der Waals surface area (Å²) in [5, 5.41) is 2.91. The second kappa shape index (κ2) is 10.4. The van der Waals surface area contributed by atoms with Gasteiger partial charge in [0, 0.05) is 11.4 Å². The normalized spacial score (nSPS) is 11.2. The number of carbonyl (C=O) groups excluding carboxylic acids is 1. The second-order valence-electron chi connectivity index (χ2n) is 8.06. The molecular weight excluding hydrogens is 460 g/mol. The molecule has 0 saturated carbocycles. The number of methoxy groups -OCH3 is 1. The number of ether oxygens (including phenoxy) is 1. The molecule has 1 amide bonds. The van der Waals surface area contributed by atoms with Crippen LogP contribution in [0.1, 0.15) is 22.6 Å². The Bertz CT molecular complexity index is 1370. The monoisotopic (exact) mass is 486 g/mol. The van der Waals surface area contributed by atoms with Crippen LogP contribution in [0, 0.1) is 6.92 Å². The van der Waals surface area contributed by atoms with Gasteiger partial charge in [0.2, 0.25) is 5.91 Å². The van der Waals surface area contributed by atoms with Gasteiger partial charge in [0.1, 0.15) is 5.75 Å². The lowest BCUT2D eigenvalue weighted by molar-refractivity contribution is -0.116. The molecule has 4 aromatic carbocycles. The molecule has 0 saturated heterocycles. The smallest absolute Gasteiger partial charge is 0.262 e. The van der Waals surface area contributed by atoms with E-state index in [4.69, 9.17) is 4.74 Å². The molecule has 0 atom stereocenters. The number of rotatable bonds is 8. The van der Waals surface area contributed by atoms with Crippen LogP contribution in [0.4, 0.5) is 11.4 Å². The largest absolute Gasteiger partial charge is 0.497 e. The molecule has 4 rings (SSSR count). The van der Waals surface area contributed by atoms with Crippen LogP contribution in [-0.2, 0) is 14.8 Å². The van der Waals surface area contributed by atoms with Gasteiger partial charge in [0.15, 0.2) is 0 Å². The van der Waals surface area contributed by atoms with E-state index in [9.17, 15) is 13.2 Å². The molecule has 0 unspecified atom stereocenters. The summed E-state index contributed by atoms with van der Waals surface area (Å²) in [5.41, 5.74) is 3.06. The average molecular weight is 487 g/mol. The molecule has 35 heavy (non-hydrogen) atoms. The van der Waals surface area contributed by atoms with Crippen molar-refractivity contribution >= 4 is 27.3 Å². The Hall–Kier alpha value is -4.10. The van der Waals surface area contributed by atoms with E-state index in [-0.39, 0.29) is 10.8 Å². The molecule has 2 N–H and O–H groups in total. The fourth-order valence-corrected chi connectivity index (χ4v) is 5.17. The molecular formula is C28H26N2O4S. The topological polar surface area (TPSA) is 84.5 Å². The third-order valence-electron chi connectivity index (χ3n) is 5.62. The Morgan fingerprint density at radius 2 is 1.31 bits per heavy atom. The molecule has 0 aliphatic carbocycles. The van der Waals surface area contributed by atoms with Gasteiger partial charge in [-0.15, -0.1) is 0 Å². The van der Waals surface area contributed by atoms with Crippen molar-refractivity contribution in [2.75, 3.05) is 17.1 Å². The maximum atomic E-state index is 13.4. The highest BCUT2D eigenvalue weighted by Crippen LogP contribution is 2.28. The SMILES string of the molecule is COc1ccc(NS(=O)(=O)c2cc(NC(=O)C(c3ccccc3)c3ccccc3)ccc2C)cc1. The molecule has 0 radical (unpaired) electrons. The van der Waals surface area contributed by atoms with E-state index in [1.54, 1.807) is 50.4 Å². The van der Waals surface area contributed by atoms with Crippen molar-refractivity contribution < 1.29 is 17.9 Å². The van der Waals surface area contributed by atoms with Gasteiger partial charge in [0.05, 0.1) is 17.9 Å². The molecule has 0 spiro atoms. The first kappa shape index (κ1) is 24.0. The zero-order chi connectivity index (χ0) is 24.8. The first-order chi connectivity index (χ1) is 16.9. The third-order valence-corrected chi connectivity index (χ3v) is 7.14. The second-order valence-corrected chi connectivity index (χ2v) is 9.71. The van der Waals surface area contributed by atoms with Gasteiger partial charge < -0.3 is 10.1 Å². The summed E-state index contributed by atoms with van der Waals surface area (Å²) in [4.78, 5) is 13.5. The van der Waals surface area contributed by atoms with E-state index in [2.05, 4.69) is 10.0 Å². The van der Waals surface area contributed by atoms with E-state index < -0.39 is 15.9 Å². The van der Waals surface area contributed by atoms with Gasteiger partial charge in [-0.1, -0.05) is 66.7 Å². The Morgan fingerprint density at radius 1 is 0.771 bits per heavy atom. The standard InChI is InChI=1S/C28H26N2O4S/c1-20-13-14-24(19-26(20)35(32,33)30-23-15-17-25(34-2)18-16-23)29-28(31)27(21-9-5-3-6-10-21)22-11-7-4-8-12-22/h3-19,27,30H,1-2H3,(H,29,31). The van der Waals surface area contributed by atoms with Crippen LogP contribution in [-0.4, -0.2) is 21.4 Å². The van der Waals surface area contributed by atoms with E-state index >= 15 is 0 Å². The van der Waals surface area contributed by atoms with Gasteiger partial charge >= 0.3 is 0 Å². The Labute approximate surface area is 205 Å². The van der Waals surface area contributed by atoms with Crippen molar-refractivity contribution in [3.63, 3.8) is 0 Å². The number of aryl methyl sites for hydroxylation is 1. The summed E-state index contributed by atoms with van der Waals surface area (Å²) in [7, 11) is -2.34. The lowest BCUT2D eigenvalue weighted by Crippen LogP contribution is -2.22. The predicted molar refractivity (Wildman–Crippen MR) is 138 cm³/mol. The number of hydrogen-bond donors (Lipinski definition) is 2.